The van der Waals surface area contributed by atoms with Crippen molar-refractivity contribution in [1.29, 1.82) is 0 Å². The van der Waals surface area contributed by atoms with Crippen molar-refractivity contribution in [2.24, 2.45) is 0 Å². The standard InChI is InChI=1S/C23H22Cl3N3O2S/c1-15-5-10-22(21(26)11-15)29-23(16-6-8-17(24)9-7-16)13-19(28-29)14-27-32(30,31)20-4-2-3-18(25)12-20/h2-12,19,23,27-28H,13-14H2,1H3. The highest BCUT2D eigenvalue weighted by atomic mass is 35.5. The molecule has 168 valence electrons. The minimum Gasteiger partial charge on any atom is -0.299 e. The van der Waals surface area contributed by atoms with Crippen LogP contribution in [-0.2, 0) is 10.0 Å². The lowest BCUT2D eigenvalue weighted by Gasteiger charge is -2.28. The lowest BCUT2D eigenvalue weighted by atomic mass is 10.0. The third-order valence-corrected chi connectivity index (χ3v) is 7.60. The molecule has 1 fully saturated rings. The highest BCUT2D eigenvalue weighted by Gasteiger charge is 2.34. The number of halogens is 3. The molecule has 0 aromatic heterocycles. The third-order valence-electron chi connectivity index (χ3n) is 5.38. The molecule has 2 atom stereocenters. The van der Waals surface area contributed by atoms with Crippen LogP contribution in [0.25, 0.3) is 0 Å². The van der Waals surface area contributed by atoms with E-state index >= 15 is 0 Å². The first-order chi connectivity index (χ1) is 15.2. The predicted molar refractivity (Wildman–Crippen MR) is 131 cm³/mol. The van der Waals surface area contributed by atoms with E-state index in [0.717, 1.165) is 16.8 Å². The number of hydrazine groups is 1. The zero-order chi connectivity index (χ0) is 22.9. The van der Waals surface area contributed by atoms with E-state index in [1.165, 1.54) is 12.1 Å². The van der Waals surface area contributed by atoms with Gasteiger partial charge >= 0.3 is 0 Å². The Labute approximate surface area is 203 Å². The molecule has 0 amide bonds. The van der Waals surface area contributed by atoms with Gasteiger partial charge in [-0.3, -0.25) is 5.01 Å². The van der Waals surface area contributed by atoms with Crippen LogP contribution >= 0.6 is 34.8 Å². The van der Waals surface area contributed by atoms with Crippen molar-refractivity contribution in [3.63, 3.8) is 0 Å². The molecule has 1 aliphatic heterocycles. The molecular formula is C23H22Cl3N3O2S. The molecule has 0 saturated carbocycles. The lowest BCUT2D eigenvalue weighted by Crippen LogP contribution is -2.42. The topological polar surface area (TPSA) is 61.4 Å². The van der Waals surface area contributed by atoms with Crippen LogP contribution in [-0.4, -0.2) is 21.0 Å². The molecule has 9 heteroatoms. The van der Waals surface area contributed by atoms with E-state index in [4.69, 9.17) is 34.8 Å². The average molecular weight is 511 g/mol. The average Bonchev–Trinajstić information content (AvgIpc) is 3.17. The summed E-state index contributed by atoms with van der Waals surface area (Å²) in [6, 6.07) is 19.5. The molecule has 0 radical (unpaired) electrons. The molecule has 4 rings (SSSR count). The Morgan fingerprint density at radius 1 is 1.00 bits per heavy atom. The van der Waals surface area contributed by atoms with Crippen molar-refractivity contribution in [2.75, 3.05) is 11.6 Å². The second-order valence-electron chi connectivity index (χ2n) is 7.76. The van der Waals surface area contributed by atoms with E-state index in [1.807, 2.05) is 54.4 Å². The summed E-state index contributed by atoms with van der Waals surface area (Å²) in [6.07, 6.45) is 0.671. The second-order valence-corrected chi connectivity index (χ2v) is 10.8. The second kappa shape index (κ2) is 9.59. The summed E-state index contributed by atoms with van der Waals surface area (Å²) in [7, 11) is -3.69. The van der Waals surface area contributed by atoms with Gasteiger partial charge in [-0.15, -0.1) is 0 Å². The fourth-order valence-corrected chi connectivity index (χ4v) is 5.62. The number of aryl methyl sites for hydroxylation is 1. The molecule has 1 saturated heterocycles. The van der Waals surface area contributed by atoms with Crippen LogP contribution in [0.3, 0.4) is 0 Å². The number of sulfonamides is 1. The van der Waals surface area contributed by atoms with Crippen molar-refractivity contribution >= 4 is 50.5 Å². The van der Waals surface area contributed by atoms with E-state index in [-0.39, 0.29) is 23.5 Å². The Balaban J connectivity index is 1.57. The van der Waals surface area contributed by atoms with Crippen LogP contribution in [0, 0.1) is 6.92 Å². The molecule has 2 N–H and O–H groups in total. The van der Waals surface area contributed by atoms with Gasteiger partial charge in [0, 0.05) is 22.6 Å². The zero-order valence-corrected chi connectivity index (χ0v) is 20.3. The number of anilines is 1. The Bertz CT molecular complexity index is 1220. The maximum absolute atomic E-state index is 12.7. The van der Waals surface area contributed by atoms with Crippen LogP contribution in [0.5, 0.6) is 0 Å². The van der Waals surface area contributed by atoms with Gasteiger partial charge in [-0.1, -0.05) is 59.1 Å². The summed E-state index contributed by atoms with van der Waals surface area (Å²) in [5.74, 6) is 0. The Hall–Kier alpha value is -1.80. The largest absolute Gasteiger partial charge is 0.299 e. The first kappa shape index (κ1) is 23.4. The lowest BCUT2D eigenvalue weighted by molar-refractivity contribution is 0.546. The van der Waals surface area contributed by atoms with E-state index < -0.39 is 10.0 Å². The Morgan fingerprint density at radius 3 is 2.44 bits per heavy atom. The van der Waals surface area contributed by atoms with E-state index in [2.05, 4.69) is 10.1 Å². The van der Waals surface area contributed by atoms with E-state index in [0.29, 0.717) is 21.5 Å². The first-order valence-corrected chi connectivity index (χ1v) is 12.7. The number of nitrogens with one attached hydrogen (secondary N) is 2. The van der Waals surface area contributed by atoms with Gasteiger partial charge in [-0.2, -0.15) is 0 Å². The summed E-state index contributed by atoms with van der Waals surface area (Å²) in [4.78, 5) is 0.135. The van der Waals surface area contributed by atoms with Gasteiger partial charge in [0.1, 0.15) is 0 Å². The van der Waals surface area contributed by atoms with E-state index in [9.17, 15) is 8.42 Å². The van der Waals surface area contributed by atoms with Crippen molar-refractivity contribution in [3.8, 4) is 0 Å². The number of hydrogen-bond acceptors (Lipinski definition) is 4. The molecule has 5 nitrogen and oxygen atoms in total. The predicted octanol–water partition coefficient (Wildman–Crippen LogP) is 5.76. The van der Waals surface area contributed by atoms with Gasteiger partial charge in [0.2, 0.25) is 10.0 Å². The summed E-state index contributed by atoms with van der Waals surface area (Å²) in [5.41, 5.74) is 6.38. The molecule has 0 bridgehead atoms. The van der Waals surface area contributed by atoms with Gasteiger partial charge in [0.25, 0.3) is 0 Å². The minimum absolute atomic E-state index is 0.0480. The van der Waals surface area contributed by atoms with Crippen molar-refractivity contribution in [3.05, 3.63) is 92.9 Å². The van der Waals surface area contributed by atoms with Crippen molar-refractivity contribution in [1.82, 2.24) is 10.1 Å². The van der Waals surface area contributed by atoms with Gasteiger partial charge in [0.05, 0.1) is 21.6 Å². The van der Waals surface area contributed by atoms with Crippen LogP contribution in [0.4, 0.5) is 5.69 Å². The molecule has 0 spiro atoms. The fourth-order valence-electron chi connectivity index (χ4n) is 3.79. The summed E-state index contributed by atoms with van der Waals surface area (Å²) in [5, 5.41) is 3.65. The van der Waals surface area contributed by atoms with Gasteiger partial charge < -0.3 is 0 Å². The summed E-state index contributed by atoms with van der Waals surface area (Å²) < 4.78 is 28.1. The highest BCUT2D eigenvalue weighted by Crippen LogP contribution is 2.38. The SMILES string of the molecule is Cc1ccc(N2NC(CNS(=O)(=O)c3cccc(Cl)c3)CC2c2ccc(Cl)cc2)c(Cl)c1. The minimum atomic E-state index is -3.69. The number of rotatable bonds is 6. The van der Waals surface area contributed by atoms with Crippen molar-refractivity contribution in [2.45, 2.75) is 30.3 Å². The molecule has 1 heterocycles. The van der Waals surface area contributed by atoms with Crippen LogP contribution in [0.2, 0.25) is 15.1 Å². The van der Waals surface area contributed by atoms with Gasteiger partial charge in [-0.25, -0.2) is 18.6 Å². The Kier molecular flexibility index (Phi) is 7.00. The fraction of sp³-hybridized carbons (Fsp3) is 0.217. The van der Waals surface area contributed by atoms with E-state index in [1.54, 1.807) is 12.1 Å². The maximum Gasteiger partial charge on any atom is 0.240 e. The Morgan fingerprint density at radius 2 is 1.75 bits per heavy atom. The maximum atomic E-state index is 12.7. The number of benzene rings is 3. The molecule has 2 unspecified atom stereocenters. The van der Waals surface area contributed by atoms with Crippen LogP contribution in [0.15, 0.2) is 71.6 Å². The number of hydrogen-bond donors (Lipinski definition) is 2. The normalized spacial score (nSPS) is 18.8. The smallest absolute Gasteiger partial charge is 0.240 e. The number of nitrogens with zero attached hydrogens (tertiary/aromatic N) is 1. The van der Waals surface area contributed by atoms with Crippen molar-refractivity contribution < 1.29 is 8.42 Å². The first-order valence-electron chi connectivity index (χ1n) is 10.1. The third kappa shape index (κ3) is 5.22. The highest BCUT2D eigenvalue weighted by molar-refractivity contribution is 7.89. The molecule has 0 aliphatic carbocycles. The molecule has 3 aromatic rings. The summed E-state index contributed by atoms with van der Waals surface area (Å²) >= 11 is 18.6. The molecule has 32 heavy (non-hydrogen) atoms. The quantitative estimate of drug-likeness (QED) is 0.443. The van der Waals surface area contributed by atoms with Gasteiger partial charge in [-0.05, 0) is 66.9 Å². The van der Waals surface area contributed by atoms with Crippen LogP contribution < -0.4 is 15.2 Å². The summed E-state index contributed by atoms with van der Waals surface area (Å²) in [6.45, 7) is 2.19. The molecule has 3 aromatic carbocycles. The monoisotopic (exact) mass is 509 g/mol. The zero-order valence-electron chi connectivity index (χ0n) is 17.2. The van der Waals surface area contributed by atoms with Gasteiger partial charge in [0.15, 0.2) is 0 Å². The molecular weight excluding hydrogens is 489 g/mol. The van der Waals surface area contributed by atoms with Crippen LogP contribution in [0.1, 0.15) is 23.6 Å². The molecule has 1 aliphatic rings.